The smallest absolute Gasteiger partial charge is 0.164 e. The minimum absolute atomic E-state index is 0.143. The van der Waals surface area contributed by atoms with Crippen molar-refractivity contribution in [3.63, 3.8) is 0 Å². The Morgan fingerprint density at radius 3 is 2.83 bits per heavy atom. The van der Waals surface area contributed by atoms with Gasteiger partial charge in [0.1, 0.15) is 5.82 Å². The Kier molecular flexibility index (Phi) is 2.71. The molecule has 2 aromatic rings. The molecule has 0 saturated carbocycles. The van der Waals surface area contributed by atoms with Gasteiger partial charge in [-0.1, -0.05) is 11.6 Å². The van der Waals surface area contributed by atoms with Crippen LogP contribution < -0.4 is 0 Å². The topological polar surface area (TPSA) is 22.0 Å². The van der Waals surface area contributed by atoms with Crippen molar-refractivity contribution in [3.05, 3.63) is 52.6 Å². The lowest BCUT2D eigenvalue weighted by molar-refractivity contribution is 0.0972. The number of hydrogen-bond donors (Lipinski definition) is 0. The summed E-state index contributed by atoms with van der Waals surface area (Å²) < 4.78 is 15.6. The first-order valence-corrected chi connectivity index (χ1v) is 6.23. The summed E-state index contributed by atoms with van der Waals surface area (Å²) in [6.45, 7) is 0. The van der Waals surface area contributed by atoms with Gasteiger partial charge in [0.2, 0.25) is 0 Å². The number of halogens is 2. The molecule has 1 aliphatic rings. The van der Waals surface area contributed by atoms with Crippen LogP contribution in [0.5, 0.6) is 0 Å². The fraction of sp³-hybridized carbons (Fsp3) is 0.214. The van der Waals surface area contributed by atoms with Crippen molar-refractivity contribution in [1.82, 2.24) is 4.57 Å². The van der Waals surface area contributed by atoms with Crippen LogP contribution in [0, 0.1) is 5.82 Å². The van der Waals surface area contributed by atoms with Crippen LogP contribution in [0.2, 0.25) is 5.02 Å². The van der Waals surface area contributed by atoms with E-state index in [9.17, 15) is 9.18 Å². The van der Waals surface area contributed by atoms with Crippen LogP contribution in [0.1, 0.15) is 28.9 Å². The number of hydrogen-bond acceptors (Lipinski definition) is 1. The minimum Gasteiger partial charge on any atom is -0.318 e. The van der Waals surface area contributed by atoms with E-state index >= 15 is 0 Å². The van der Waals surface area contributed by atoms with E-state index in [1.54, 1.807) is 29.0 Å². The SMILES string of the molecule is O=C1CCCc2c1ccn2-c1ccc(Cl)cc1F. The normalized spacial score (nSPS) is 14.7. The molecule has 0 amide bonds. The summed E-state index contributed by atoms with van der Waals surface area (Å²) in [6.07, 6.45) is 3.96. The van der Waals surface area contributed by atoms with E-state index < -0.39 is 0 Å². The van der Waals surface area contributed by atoms with Crippen molar-refractivity contribution in [2.75, 3.05) is 0 Å². The minimum atomic E-state index is -0.376. The van der Waals surface area contributed by atoms with Crippen molar-refractivity contribution in [2.24, 2.45) is 0 Å². The van der Waals surface area contributed by atoms with Crippen LogP contribution in [0.25, 0.3) is 5.69 Å². The van der Waals surface area contributed by atoms with Crippen LogP contribution in [0.15, 0.2) is 30.5 Å². The summed E-state index contributed by atoms with van der Waals surface area (Å²) in [6, 6.07) is 6.34. The lowest BCUT2D eigenvalue weighted by atomic mass is 9.97. The van der Waals surface area contributed by atoms with Crippen molar-refractivity contribution >= 4 is 17.4 Å². The van der Waals surface area contributed by atoms with Crippen molar-refractivity contribution in [2.45, 2.75) is 19.3 Å². The second-order valence-electron chi connectivity index (χ2n) is 4.42. The fourth-order valence-electron chi connectivity index (χ4n) is 2.43. The molecule has 2 nitrogen and oxygen atoms in total. The summed E-state index contributed by atoms with van der Waals surface area (Å²) in [5.41, 5.74) is 2.05. The third-order valence-corrected chi connectivity index (χ3v) is 3.51. The number of carbonyl (C=O) groups is 1. The Morgan fingerprint density at radius 2 is 2.06 bits per heavy atom. The molecule has 1 aliphatic carbocycles. The van der Waals surface area contributed by atoms with E-state index in [0.29, 0.717) is 17.1 Å². The summed E-state index contributed by atoms with van der Waals surface area (Å²) in [4.78, 5) is 11.7. The number of benzene rings is 1. The zero-order valence-electron chi connectivity index (χ0n) is 9.62. The van der Waals surface area contributed by atoms with Gasteiger partial charge in [0.15, 0.2) is 5.78 Å². The Balaban J connectivity index is 2.15. The van der Waals surface area contributed by atoms with Crippen LogP contribution >= 0.6 is 11.6 Å². The zero-order valence-corrected chi connectivity index (χ0v) is 10.4. The van der Waals surface area contributed by atoms with Crippen LogP contribution in [0.4, 0.5) is 4.39 Å². The van der Waals surface area contributed by atoms with Gasteiger partial charge in [-0.2, -0.15) is 0 Å². The molecule has 0 atom stereocenters. The molecule has 0 spiro atoms. The van der Waals surface area contributed by atoms with Crippen LogP contribution in [0.3, 0.4) is 0 Å². The molecular weight excluding hydrogens is 253 g/mol. The molecule has 0 saturated heterocycles. The van der Waals surface area contributed by atoms with Gasteiger partial charge in [-0.05, 0) is 37.1 Å². The molecule has 0 fully saturated rings. The maximum Gasteiger partial charge on any atom is 0.164 e. The summed E-state index contributed by atoms with van der Waals surface area (Å²) in [5.74, 6) is -0.233. The molecule has 18 heavy (non-hydrogen) atoms. The number of nitrogens with zero attached hydrogens (tertiary/aromatic N) is 1. The highest BCUT2D eigenvalue weighted by Crippen LogP contribution is 2.27. The van der Waals surface area contributed by atoms with Gasteiger partial charge >= 0.3 is 0 Å². The molecule has 0 radical (unpaired) electrons. The number of fused-ring (bicyclic) bond motifs is 1. The first-order valence-electron chi connectivity index (χ1n) is 5.85. The first kappa shape index (κ1) is 11.5. The maximum absolute atomic E-state index is 13.9. The Morgan fingerprint density at radius 1 is 1.22 bits per heavy atom. The Hall–Kier alpha value is -1.61. The van der Waals surface area contributed by atoms with E-state index in [4.69, 9.17) is 11.6 Å². The molecule has 1 aromatic carbocycles. The van der Waals surface area contributed by atoms with Gasteiger partial charge < -0.3 is 4.57 Å². The molecular formula is C14H11ClFNO. The predicted molar refractivity (Wildman–Crippen MR) is 68.0 cm³/mol. The molecule has 0 N–H and O–H groups in total. The average molecular weight is 264 g/mol. The molecule has 0 aliphatic heterocycles. The predicted octanol–water partition coefficient (Wildman–Crippen LogP) is 3.79. The second-order valence-corrected chi connectivity index (χ2v) is 4.86. The number of Topliss-reactive ketones (excluding diaryl/α,β-unsaturated/α-hetero) is 1. The number of aromatic nitrogens is 1. The molecule has 3 rings (SSSR count). The summed E-state index contributed by atoms with van der Waals surface area (Å²) in [7, 11) is 0. The molecule has 92 valence electrons. The van der Waals surface area contributed by atoms with E-state index in [-0.39, 0.29) is 11.6 Å². The Labute approximate surface area is 109 Å². The average Bonchev–Trinajstić information content (AvgIpc) is 2.74. The molecule has 1 aromatic heterocycles. The summed E-state index contributed by atoms with van der Waals surface area (Å²) in [5, 5.41) is 0.369. The maximum atomic E-state index is 13.9. The first-order chi connectivity index (χ1) is 8.66. The van der Waals surface area contributed by atoms with Gasteiger partial charge in [-0.25, -0.2) is 4.39 Å². The van der Waals surface area contributed by atoms with E-state index in [2.05, 4.69) is 0 Å². The lowest BCUT2D eigenvalue weighted by Crippen LogP contribution is -2.12. The third kappa shape index (κ3) is 1.75. The largest absolute Gasteiger partial charge is 0.318 e. The monoisotopic (exact) mass is 263 g/mol. The highest BCUT2D eigenvalue weighted by Gasteiger charge is 2.21. The van der Waals surface area contributed by atoms with Crippen molar-refractivity contribution < 1.29 is 9.18 Å². The Bertz CT molecular complexity index is 633. The number of rotatable bonds is 1. The van der Waals surface area contributed by atoms with Crippen molar-refractivity contribution in [3.8, 4) is 5.69 Å². The van der Waals surface area contributed by atoms with Gasteiger partial charge in [0, 0.05) is 28.9 Å². The molecule has 4 heteroatoms. The van der Waals surface area contributed by atoms with Crippen LogP contribution in [-0.4, -0.2) is 10.4 Å². The van der Waals surface area contributed by atoms with Crippen molar-refractivity contribution in [1.29, 1.82) is 0 Å². The van der Waals surface area contributed by atoms with Crippen LogP contribution in [-0.2, 0) is 6.42 Å². The van der Waals surface area contributed by atoms with E-state index in [0.717, 1.165) is 24.1 Å². The highest BCUT2D eigenvalue weighted by molar-refractivity contribution is 6.30. The van der Waals surface area contributed by atoms with Gasteiger partial charge in [-0.3, -0.25) is 4.79 Å². The fourth-order valence-corrected chi connectivity index (χ4v) is 2.59. The molecule has 1 heterocycles. The van der Waals surface area contributed by atoms with Gasteiger partial charge in [0.05, 0.1) is 5.69 Å². The standard InChI is InChI=1S/C14H11ClFNO/c15-9-4-5-13(11(16)8-9)17-7-6-10-12(17)2-1-3-14(10)18/h4-8H,1-3H2. The molecule has 0 bridgehead atoms. The third-order valence-electron chi connectivity index (χ3n) is 3.28. The van der Waals surface area contributed by atoms with Gasteiger partial charge in [0.25, 0.3) is 0 Å². The van der Waals surface area contributed by atoms with Gasteiger partial charge in [-0.15, -0.1) is 0 Å². The number of ketones is 1. The molecule has 0 unspecified atom stereocenters. The zero-order chi connectivity index (χ0) is 12.7. The highest BCUT2D eigenvalue weighted by atomic mass is 35.5. The quantitative estimate of drug-likeness (QED) is 0.767. The van der Waals surface area contributed by atoms with E-state index in [1.807, 2.05) is 0 Å². The summed E-state index contributed by atoms with van der Waals surface area (Å²) >= 11 is 5.74. The number of carbonyl (C=O) groups excluding carboxylic acids is 1. The lowest BCUT2D eigenvalue weighted by Gasteiger charge is -2.15. The second kappa shape index (κ2) is 4.25. The van der Waals surface area contributed by atoms with E-state index in [1.165, 1.54) is 6.07 Å².